The molecule has 1 N–H and O–H groups in total. The van der Waals surface area contributed by atoms with Crippen molar-refractivity contribution in [2.24, 2.45) is 0 Å². The number of hydrogen-bond donors (Lipinski definition) is 1. The predicted octanol–water partition coefficient (Wildman–Crippen LogP) is 0.635. The number of nitrogens with zero attached hydrogens (tertiary/aromatic N) is 1. The second-order valence-electron chi connectivity index (χ2n) is 4.77. The van der Waals surface area contributed by atoms with Crippen LogP contribution in [-0.4, -0.2) is 38.4 Å². The van der Waals surface area contributed by atoms with Gasteiger partial charge in [0, 0.05) is 31.9 Å². The molecule has 1 aromatic heterocycles. The van der Waals surface area contributed by atoms with Crippen molar-refractivity contribution >= 4 is 5.91 Å². The Balaban J connectivity index is 1.54. The first kappa shape index (κ1) is 14.7. The van der Waals surface area contributed by atoms with E-state index in [0.29, 0.717) is 30.1 Å². The van der Waals surface area contributed by atoms with Crippen LogP contribution in [0.3, 0.4) is 0 Å². The van der Waals surface area contributed by atoms with E-state index in [0.717, 1.165) is 25.9 Å². The number of carbonyl (C=O) groups is 1. The maximum atomic E-state index is 11.7. The number of pyridine rings is 1. The Morgan fingerprint density at radius 1 is 1.50 bits per heavy atom. The summed E-state index contributed by atoms with van der Waals surface area (Å²) >= 11 is 0. The number of rotatable bonds is 7. The van der Waals surface area contributed by atoms with Gasteiger partial charge in [0.15, 0.2) is 12.4 Å². The van der Waals surface area contributed by atoms with Crippen LogP contribution in [0.2, 0.25) is 0 Å². The van der Waals surface area contributed by atoms with Gasteiger partial charge in [0.25, 0.3) is 5.91 Å². The minimum atomic E-state index is -0.176. The van der Waals surface area contributed by atoms with Gasteiger partial charge in [-0.25, -0.2) is 0 Å². The van der Waals surface area contributed by atoms with Crippen LogP contribution in [0.1, 0.15) is 29.6 Å². The average molecular weight is 280 g/mol. The van der Waals surface area contributed by atoms with Crippen LogP contribution < -0.4 is 10.0 Å². The highest BCUT2D eigenvalue weighted by Gasteiger charge is 2.14. The van der Waals surface area contributed by atoms with E-state index < -0.39 is 0 Å². The van der Waals surface area contributed by atoms with Crippen LogP contribution in [0, 0.1) is 5.21 Å². The van der Waals surface area contributed by atoms with Gasteiger partial charge in [-0.15, -0.1) is 0 Å². The van der Waals surface area contributed by atoms with E-state index in [9.17, 15) is 10.0 Å². The van der Waals surface area contributed by atoms with Gasteiger partial charge in [0.05, 0.1) is 18.3 Å². The zero-order chi connectivity index (χ0) is 14.2. The summed E-state index contributed by atoms with van der Waals surface area (Å²) in [5.41, 5.74) is 0.484. The lowest BCUT2D eigenvalue weighted by Crippen LogP contribution is -2.28. The highest BCUT2D eigenvalue weighted by atomic mass is 16.5. The highest BCUT2D eigenvalue weighted by molar-refractivity contribution is 5.93. The van der Waals surface area contributed by atoms with E-state index in [2.05, 4.69) is 5.32 Å². The molecule has 1 aromatic rings. The SMILES string of the molecule is O=C(NCCCOCC1CCCO1)c1cc[n+]([O-])cc1. The molecule has 1 saturated heterocycles. The molecule has 0 aromatic carbocycles. The summed E-state index contributed by atoms with van der Waals surface area (Å²) in [7, 11) is 0. The lowest BCUT2D eigenvalue weighted by molar-refractivity contribution is -0.605. The Labute approximate surface area is 118 Å². The quantitative estimate of drug-likeness (QED) is 0.452. The normalized spacial score (nSPS) is 18.1. The molecule has 1 amide bonds. The predicted molar refractivity (Wildman–Crippen MR) is 72.1 cm³/mol. The van der Waals surface area contributed by atoms with Gasteiger partial charge in [-0.2, -0.15) is 4.73 Å². The summed E-state index contributed by atoms with van der Waals surface area (Å²) in [6.45, 7) is 2.63. The van der Waals surface area contributed by atoms with Gasteiger partial charge >= 0.3 is 0 Å². The number of carbonyl (C=O) groups excluding carboxylic acids is 1. The van der Waals surface area contributed by atoms with Crippen molar-refractivity contribution in [1.82, 2.24) is 5.32 Å². The third-order valence-electron chi connectivity index (χ3n) is 3.14. The van der Waals surface area contributed by atoms with E-state index in [-0.39, 0.29) is 12.0 Å². The Bertz CT molecular complexity index is 416. The molecular formula is C14H20N2O4. The Morgan fingerprint density at radius 3 is 3.00 bits per heavy atom. The van der Waals surface area contributed by atoms with Gasteiger partial charge in [0.1, 0.15) is 0 Å². The van der Waals surface area contributed by atoms with Crippen molar-refractivity contribution in [3.05, 3.63) is 35.3 Å². The molecule has 0 spiro atoms. The number of ether oxygens (including phenoxy) is 2. The third-order valence-corrected chi connectivity index (χ3v) is 3.14. The first-order chi connectivity index (χ1) is 9.75. The molecule has 110 valence electrons. The van der Waals surface area contributed by atoms with Crippen LogP contribution in [0.25, 0.3) is 0 Å². The molecule has 1 atom stereocenters. The summed E-state index contributed by atoms with van der Waals surface area (Å²) < 4.78 is 11.6. The number of amides is 1. The molecule has 0 aliphatic carbocycles. The van der Waals surface area contributed by atoms with Gasteiger partial charge in [0.2, 0.25) is 0 Å². The first-order valence-corrected chi connectivity index (χ1v) is 6.92. The minimum Gasteiger partial charge on any atom is -0.619 e. The molecule has 20 heavy (non-hydrogen) atoms. The molecule has 2 rings (SSSR count). The maximum absolute atomic E-state index is 11.7. The molecule has 0 saturated carbocycles. The summed E-state index contributed by atoms with van der Waals surface area (Å²) in [5.74, 6) is -0.176. The number of nitrogens with one attached hydrogen (secondary N) is 1. The second kappa shape index (κ2) is 7.81. The largest absolute Gasteiger partial charge is 0.619 e. The monoisotopic (exact) mass is 280 g/mol. The van der Waals surface area contributed by atoms with E-state index in [1.807, 2.05) is 0 Å². The van der Waals surface area contributed by atoms with Crippen LogP contribution in [0.4, 0.5) is 0 Å². The van der Waals surface area contributed by atoms with E-state index in [1.54, 1.807) is 0 Å². The lowest BCUT2D eigenvalue weighted by Gasteiger charge is -2.10. The molecule has 6 nitrogen and oxygen atoms in total. The minimum absolute atomic E-state index is 0.176. The van der Waals surface area contributed by atoms with Crippen LogP contribution in [0.15, 0.2) is 24.5 Å². The molecule has 6 heteroatoms. The Kier molecular flexibility index (Phi) is 5.76. The second-order valence-corrected chi connectivity index (χ2v) is 4.77. The fourth-order valence-corrected chi connectivity index (χ4v) is 2.03. The standard InChI is InChI=1S/C14H20N2O4/c17-14(12-4-7-16(18)8-5-12)15-6-2-9-19-11-13-3-1-10-20-13/h4-5,7-8,13H,1-3,6,9-11H2,(H,15,17). The van der Waals surface area contributed by atoms with Crippen LogP contribution in [-0.2, 0) is 9.47 Å². The van der Waals surface area contributed by atoms with Crippen molar-refractivity contribution < 1.29 is 19.0 Å². The molecule has 2 heterocycles. The zero-order valence-electron chi connectivity index (χ0n) is 11.4. The number of hydrogen-bond acceptors (Lipinski definition) is 4. The lowest BCUT2D eigenvalue weighted by atomic mass is 10.2. The molecule has 0 radical (unpaired) electrons. The highest BCUT2D eigenvalue weighted by Crippen LogP contribution is 2.11. The Hall–Kier alpha value is -1.66. The summed E-state index contributed by atoms with van der Waals surface area (Å²) in [6.07, 6.45) is 5.80. The topological polar surface area (TPSA) is 74.5 Å². The van der Waals surface area contributed by atoms with E-state index in [1.165, 1.54) is 24.5 Å². The van der Waals surface area contributed by atoms with E-state index >= 15 is 0 Å². The van der Waals surface area contributed by atoms with Crippen molar-refractivity contribution in [2.45, 2.75) is 25.4 Å². The van der Waals surface area contributed by atoms with Gasteiger partial charge in [-0.1, -0.05) is 0 Å². The third kappa shape index (κ3) is 4.79. The van der Waals surface area contributed by atoms with Gasteiger partial charge < -0.3 is 20.0 Å². The van der Waals surface area contributed by atoms with Crippen molar-refractivity contribution in [3.8, 4) is 0 Å². The van der Waals surface area contributed by atoms with Gasteiger partial charge in [-0.3, -0.25) is 4.79 Å². The van der Waals surface area contributed by atoms with Crippen LogP contribution >= 0.6 is 0 Å². The van der Waals surface area contributed by atoms with Gasteiger partial charge in [-0.05, 0) is 19.3 Å². The first-order valence-electron chi connectivity index (χ1n) is 6.92. The van der Waals surface area contributed by atoms with Crippen molar-refractivity contribution in [2.75, 3.05) is 26.4 Å². The fraction of sp³-hybridized carbons (Fsp3) is 0.571. The maximum Gasteiger partial charge on any atom is 0.251 e. The molecule has 1 fully saturated rings. The average Bonchev–Trinajstić information content (AvgIpc) is 2.96. The molecule has 1 aliphatic heterocycles. The molecule has 0 bridgehead atoms. The molecule has 1 unspecified atom stereocenters. The van der Waals surface area contributed by atoms with Crippen molar-refractivity contribution in [3.63, 3.8) is 0 Å². The van der Waals surface area contributed by atoms with E-state index in [4.69, 9.17) is 9.47 Å². The Morgan fingerprint density at radius 2 is 2.30 bits per heavy atom. The number of aromatic nitrogens is 1. The smallest absolute Gasteiger partial charge is 0.251 e. The van der Waals surface area contributed by atoms with Crippen LogP contribution in [0.5, 0.6) is 0 Å². The summed E-state index contributed by atoms with van der Waals surface area (Å²) in [5, 5.41) is 13.6. The zero-order valence-corrected chi connectivity index (χ0v) is 11.4. The molecule has 1 aliphatic rings. The summed E-state index contributed by atoms with van der Waals surface area (Å²) in [6, 6.07) is 2.99. The van der Waals surface area contributed by atoms with Crippen molar-refractivity contribution in [1.29, 1.82) is 0 Å². The fourth-order valence-electron chi connectivity index (χ4n) is 2.03. The summed E-state index contributed by atoms with van der Waals surface area (Å²) in [4.78, 5) is 11.7. The molecular weight excluding hydrogens is 260 g/mol.